The predicted octanol–water partition coefficient (Wildman–Crippen LogP) is 1.76. The molecule has 1 aromatic heterocycles. The van der Waals surface area contributed by atoms with Gasteiger partial charge in [0.05, 0.1) is 17.7 Å². The number of anilines is 1. The second-order valence-corrected chi connectivity index (χ2v) is 5.13. The number of rotatable bonds is 2. The van der Waals surface area contributed by atoms with Crippen molar-refractivity contribution in [2.45, 2.75) is 37.8 Å². The van der Waals surface area contributed by atoms with Gasteiger partial charge >= 0.3 is 0 Å². The standard InChI is InChI=1S/C14H18N4O/c1-18(12-8-4-5-9-13(12)19)14-15-10-6-2-3-7-11(10)16-17-14/h2-3,6-7,12-13,19H,4-5,8-9H2,1H3. The maximum Gasteiger partial charge on any atom is 0.246 e. The molecule has 1 saturated carbocycles. The Morgan fingerprint density at radius 1 is 1.11 bits per heavy atom. The Kier molecular flexibility index (Phi) is 3.29. The number of para-hydroxylation sites is 1. The van der Waals surface area contributed by atoms with E-state index in [1.54, 1.807) is 0 Å². The molecule has 1 aromatic carbocycles. The van der Waals surface area contributed by atoms with Crippen molar-refractivity contribution >= 4 is 17.0 Å². The van der Waals surface area contributed by atoms with Gasteiger partial charge in [0.15, 0.2) is 0 Å². The molecule has 0 aliphatic heterocycles. The molecule has 0 spiro atoms. The number of aliphatic hydroxyl groups excluding tert-OH is 1. The zero-order valence-electron chi connectivity index (χ0n) is 11.0. The van der Waals surface area contributed by atoms with Crippen LogP contribution in [0.1, 0.15) is 25.7 Å². The van der Waals surface area contributed by atoms with Gasteiger partial charge in [-0.05, 0) is 25.0 Å². The van der Waals surface area contributed by atoms with Crippen molar-refractivity contribution in [2.75, 3.05) is 11.9 Å². The first kappa shape index (κ1) is 12.3. The monoisotopic (exact) mass is 258 g/mol. The van der Waals surface area contributed by atoms with Crippen molar-refractivity contribution in [1.29, 1.82) is 0 Å². The molecule has 2 atom stereocenters. The average molecular weight is 258 g/mol. The minimum Gasteiger partial charge on any atom is -0.391 e. The molecule has 100 valence electrons. The van der Waals surface area contributed by atoms with Crippen LogP contribution >= 0.6 is 0 Å². The third-order valence-electron chi connectivity index (χ3n) is 3.86. The van der Waals surface area contributed by atoms with Gasteiger partial charge in [0.2, 0.25) is 5.95 Å². The lowest BCUT2D eigenvalue weighted by molar-refractivity contribution is 0.105. The Morgan fingerprint density at radius 3 is 2.63 bits per heavy atom. The van der Waals surface area contributed by atoms with Crippen molar-refractivity contribution in [2.24, 2.45) is 0 Å². The molecule has 5 nitrogen and oxygen atoms in total. The summed E-state index contributed by atoms with van der Waals surface area (Å²) in [7, 11) is 1.94. The number of aromatic nitrogens is 3. The van der Waals surface area contributed by atoms with Crippen molar-refractivity contribution < 1.29 is 5.11 Å². The van der Waals surface area contributed by atoms with Gasteiger partial charge in [-0.1, -0.05) is 25.0 Å². The number of hydrogen-bond donors (Lipinski definition) is 1. The summed E-state index contributed by atoms with van der Waals surface area (Å²) in [5.74, 6) is 0.588. The van der Waals surface area contributed by atoms with E-state index < -0.39 is 0 Å². The summed E-state index contributed by atoms with van der Waals surface area (Å²) in [5.41, 5.74) is 1.63. The van der Waals surface area contributed by atoms with E-state index in [4.69, 9.17) is 0 Å². The number of hydrogen-bond acceptors (Lipinski definition) is 5. The van der Waals surface area contributed by atoms with Gasteiger partial charge < -0.3 is 10.0 Å². The van der Waals surface area contributed by atoms with Gasteiger partial charge in [-0.2, -0.15) is 0 Å². The molecule has 0 amide bonds. The molecule has 0 radical (unpaired) electrons. The Morgan fingerprint density at radius 2 is 1.84 bits per heavy atom. The lowest BCUT2D eigenvalue weighted by Crippen LogP contribution is -2.44. The summed E-state index contributed by atoms with van der Waals surface area (Å²) in [5, 5.41) is 18.5. The number of nitrogens with zero attached hydrogens (tertiary/aromatic N) is 4. The maximum absolute atomic E-state index is 10.1. The van der Waals surface area contributed by atoms with E-state index >= 15 is 0 Å². The molecule has 1 aliphatic rings. The number of aliphatic hydroxyl groups is 1. The SMILES string of the molecule is CN(c1nnc2ccccc2n1)C1CCCCC1O. The summed E-state index contributed by atoms with van der Waals surface area (Å²) in [4.78, 5) is 6.49. The van der Waals surface area contributed by atoms with Crippen molar-refractivity contribution in [3.8, 4) is 0 Å². The first-order chi connectivity index (χ1) is 9.25. The average Bonchev–Trinajstić information content (AvgIpc) is 2.46. The largest absolute Gasteiger partial charge is 0.391 e. The van der Waals surface area contributed by atoms with Crippen LogP contribution in [-0.2, 0) is 0 Å². The number of fused-ring (bicyclic) bond motifs is 1. The number of likely N-dealkylation sites (N-methyl/N-ethyl adjacent to an activating group) is 1. The van der Waals surface area contributed by atoms with E-state index in [9.17, 15) is 5.11 Å². The highest BCUT2D eigenvalue weighted by atomic mass is 16.3. The van der Waals surface area contributed by atoms with Crippen molar-refractivity contribution in [1.82, 2.24) is 15.2 Å². The summed E-state index contributed by atoms with van der Waals surface area (Å²) in [6, 6.07) is 7.79. The van der Waals surface area contributed by atoms with E-state index in [-0.39, 0.29) is 12.1 Å². The summed E-state index contributed by atoms with van der Waals surface area (Å²) >= 11 is 0. The first-order valence-electron chi connectivity index (χ1n) is 6.76. The van der Waals surface area contributed by atoms with E-state index in [1.807, 2.05) is 36.2 Å². The third-order valence-corrected chi connectivity index (χ3v) is 3.86. The molecule has 2 aromatic rings. The summed E-state index contributed by atoms with van der Waals surface area (Å²) < 4.78 is 0. The topological polar surface area (TPSA) is 62.1 Å². The van der Waals surface area contributed by atoms with Gasteiger partial charge in [0, 0.05) is 7.05 Å². The highest BCUT2D eigenvalue weighted by molar-refractivity contribution is 5.74. The Balaban J connectivity index is 1.90. The molecule has 1 fully saturated rings. The molecule has 19 heavy (non-hydrogen) atoms. The maximum atomic E-state index is 10.1. The van der Waals surface area contributed by atoms with Gasteiger partial charge in [-0.15, -0.1) is 10.2 Å². The van der Waals surface area contributed by atoms with Crippen LogP contribution in [-0.4, -0.2) is 39.5 Å². The van der Waals surface area contributed by atoms with Crippen LogP contribution < -0.4 is 4.90 Å². The smallest absolute Gasteiger partial charge is 0.246 e. The van der Waals surface area contributed by atoms with Gasteiger partial charge in [-0.3, -0.25) is 0 Å². The Labute approximate surface area is 112 Å². The van der Waals surface area contributed by atoms with Gasteiger partial charge in [-0.25, -0.2) is 4.98 Å². The molecule has 1 N–H and O–H groups in total. The molecular weight excluding hydrogens is 240 g/mol. The minimum atomic E-state index is -0.297. The minimum absolute atomic E-state index is 0.0942. The van der Waals surface area contributed by atoms with Crippen LogP contribution in [0.5, 0.6) is 0 Å². The summed E-state index contributed by atoms with van der Waals surface area (Å²) in [6.07, 6.45) is 3.79. The fourth-order valence-electron chi connectivity index (χ4n) is 2.71. The van der Waals surface area contributed by atoms with Crippen molar-refractivity contribution in [3.63, 3.8) is 0 Å². The highest BCUT2D eigenvalue weighted by Gasteiger charge is 2.28. The van der Waals surface area contributed by atoms with E-state index in [1.165, 1.54) is 0 Å². The van der Waals surface area contributed by atoms with Crippen LogP contribution in [0.2, 0.25) is 0 Å². The Hall–Kier alpha value is -1.75. The summed E-state index contributed by atoms with van der Waals surface area (Å²) in [6.45, 7) is 0. The quantitative estimate of drug-likeness (QED) is 0.889. The normalized spacial score (nSPS) is 23.5. The molecule has 2 unspecified atom stereocenters. The lowest BCUT2D eigenvalue weighted by Gasteiger charge is -2.34. The molecule has 1 aliphatic carbocycles. The predicted molar refractivity (Wildman–Crippen MR) is 74.0 cm³/mol. The zero-order chi connectivity index (χ0) is 13.2. The van der Waals surface area contributed by atoms with E-state index in [2.05, 4.69) is 15.2 Å². The molecule has 1 heterocycles. The van der Waals surface area contributed by atoms with Gasteiger partial charge in [0.25, 0.3) is 0 Å². The first-order valence-corrected chi connectivity index (χ1v) is 6.76. The fraction of sp³-hybridized carbons (Fsp3) is 0.500. The van der Waals surface area contributed by atoms with E-state index in [0.717, 1.165) is 36.7 Å². The number of benzene rings is 1. The van der Waals surface area contributed by atoms with Crippen molar-refractivity contribution in [3.05, 3.63) is 24.3 Å². The third kappa shape index (κ3) is 2.38. The van der Waals surface area contributed by atoms with E-state index in [0.29, 0.717) is 5.95 Å². The fourth-order valence-corrected chi connectivity index (χ4v) is 2.71. The van der Waals surface area contributed by atoms with Crippen LogP contribution in [0, 0.1) is 0 Å². The highest BCUT2D eigenvalue weighted by Crippen LogP contribution is 2.25. The molecule has 5 heteroatoms. The second kappa shape index (κ2) is 5.09. The molecule has 0 saturated heterocycles. The van der Waals surface area contributed by atoms with Crippen LogP contribution in [0.4, 0.5) is 5.95 Å². The molecule has 0 bridgehead atoms. The van der Waals surface area contributed by atoms with Crippen LogP contribution in [0.3, 0.4) is 0 Å². The Bertz CT molecular complexity index is 574. The van der Waals surface area contributed by atoms with Gasteiger partial charge in [0.1, 0.15) is 5.52 Å². The van der Waals surface area contributed by atoms with Crippen LogP contribution in [0.15, 0.2) is 24.3 Å². The molecule has 3 rings (SSSR count). The lowest BCUT2D eigenvalue weighted by atomic mass is 9.92. The second-order valence-electron chi connectivity index (χ2n) is 5.13. The molecular formula is C14H18N4O. The zero-order valence-corrected chi connectivity index (χ0v) is 11.0. The van der Waals surface area contributed by atoms with Crippen LogP contribution in [0.25, 0.3) is 11.0 Å².